The SMILES string of the molecule is O=C(O)N[C@H]1CSc2c(Br)cccc2NC1=O. The number of carbonyl (C=O) groups is 2. The van der Waals surface area contributed by atoms with Crippen molar-refractivity contribution in [2.75, 3.05) is 11.1 Å². The van der Waals surface area contributed by atoms with Crippen molar-refractivity contribution in [3.05, 3.63) is 22.7 Å². The Balaban J connectivity index is 2.25. The van der Waals surface area contributed by atoms with E-state index < -0.39 is 12.1 Å². The van der Waals surface area contributed by atoms with Crippen LogP contribution in [0.25, 0.3) is 0 Å². The Hall–Kier alpha value is -1.21. The number of benzene rings is 1. The lowest BCUT2D eigenvalue weighted by Crippen LogP contribution is -2.44. The number of fused-ring (bicyclic) bond motifs is 1. The molecular formula is C10H9BrN2O3S. The standard InChI is InChI=1S/C10H9BrN2O3S/c11-5-2-1-3-6-8(5)17-4-7(9(14)12-6)13-10(15)16/h1-3,7,13H,4H2,(H,12,14)(H,15,16)/t7-/m0/s1. The van der Waals surface area contributed by atoms with Gasteiger partial charge in [0.2, 0.25) is 5.91 Å². The maximum Gasteiger partial charge on any atom is 0.405 e. The molecule has 0 saturated carbocycles. The zero-order chi connectivity index (χ0) is 12.4. The predicted octanol–water partition coefficient (Wildman–Crippen LogP) is 2.13. The van der Waals surface area contributed by atoms with Crippen LogP contribution in [0.5, 0.6) is 0 Å². The highest BCUT2D eigenvalue weighted by atomic mass is 79.9. The zero-order valence-corrected chi connectivity index (χ0v) is 11.0. The van der Waals surface area contributed by atoms with Gasteiger partial charge in [-0.25, -0.2) is 4.79 Å². The van der Waals surface area contributed by atoms with Gasteiger partial charge < -0.3 is 15.7 Å². The van der Waals surface area contributed by atoms with Gasteiger partial charge in [0.15, 0.2) is 0 Å². The number of thioether (sulfide) groups is 1. The molecule has 0 bridgehead atoms. The van der Waals surface area contributed by atoms with Crippen molar-refractivity contribution in [2.45, 2.75) is 10.9 Å². The molecule has 2 amide bonds. The van der Waals surface area contributed by atoms with Crippen molar-refractivity contribution in [1.29, 1.82) is 0 Å². The molecule has 0 aliphatic carbocycles. The minimum absolute atomic E-state index is 0.336. The monoisotopic (exact) mass is 316 g/mol. The van der Waals surface area contributed by atoms with Crippen LogP contribution in [0.2, 0.25) is 0 Å². The maximum absolute atomic E-state index is 11.8. The molecule has 1 aliphatic rings. The first-order valence-corrected chi connectivity index (χ1v) is 6.57. The molecule has 0 unspecified atom stereocenters. The first-order chi connectivity index (χ1) is 8.08. The molecule has 3 N–H and O–H groups in total. The van der Waals surface area contributed by atoms with Crippen molar-refractivity contribution >= 4 is 45.4 Å². The van der Waals surface area contributed by atoms with Crippen LogP contribution in [-0.4, -0.2) is 28.9 Å². The molecule has 0 radical (unpaired) electrons. The van der Waals surface area contributed by atoms with Crippen molar-refractivity contribution in [3.63, 3.8) is 0 Å². The second-order valence-corrected chi connectivity index (χ2v) is 5.30. The topological polar surface area (TPSA) is 78.4 Å². The summed E-state index contributed by atoms with van der Waals surface area (Å²) >= 11 is 4.83. The smallest absolute Gasteiger partial charge is 0.405 e. The van der Waals surface area contributed by atoms with Gasteiger partial charge >= 0.3 is 6.09 Å². The van der Waals surface area contributed by atoms with E-state index in [-0.39, 0.29) is 5.91 Å². The van der Waals surface area contributed by atoms with Crippen LogP contribution >= 0.6 is 27.7 Å². The highest BCUT2D eigenvalue weighted by molar-refractivity contribution is 9.10. The van der Waals surface area contributed by atoms with Crippen LogP contribution in [0.1, 0.15) is 0 Å². The van der Waals surface area contributed by atoms with E-state index >= 15 is 0 Å². The molecule has 90 valence electrons. The third-order valence-corrected chi connectivity index (χ3v) is 4.39. The first-order valence-electron chi connectivity index (χ1n) is 4.79. The number of nitrogens with one attached hydrogen (secondary N) is 2. The van der Waals surface area contributed by atoms with Gasteiger partial charge in [-0.05, 0) is 28.1 Å². The van der Waals surface area contributed by atoms with Gasteiger partial charge in [-0.2, -0.15) is 0 Å². The summed E-state index contributed by atoms with van der Waals surface area (Å²) in [6.07, 6.45) is -1.20. The van der Waals surface area contributed by atoms with E-state index in [1.54, 1.807) is 6.07 Å². The highest BCUT2D eigenvalue weighted by Gasteiger charge is 2.26. The summed E-state index contributed by atoms with van der Waals surface area (Å²) in [6.45, 7) is 0. The van der Waals surface area contributed by atoms with Gasteiger partial charge in [0.05, 0.1) is 5.69 Å². The van der Waals surface area contributed by atoms with Gasteiger partial charge in [0, 0.05) is 15.1 Å². The number of anilines is 1. The van der Waals surface area contributed by atoms with E-state index in [1.807, 2.05) is 12.1 Å². The third kappa shape index (κ3) is 2.73. The second kappa shape index (κ2) is 4.97. The van der Waals surface area contributed by atoms with E-state index in [9.17, 15) is 9.59 Å². The quantitative estimate of drug-likeness (QED) is 0.741. The summed E-state index contributed by atoms with van der Waals surface area (Å²) in [6, 6.07) is 4.74. The van der Waals surface area contributed by atoms with Crippen LogP contribution in [-0.2, 0) is 4.79 Å². The van der Waals surface area contributed by atoms with Crippen molar-refractivity contribution < 1.29 is 14.7 Å². The van der Waals surface area contributed by atoms with Gasteiger partial charge in [-0.1, -0.05) is 6.07 Å². The molecule has 5 nitrogen and oxygen atoms in total. The Labute approximate surface area is 110 Å². The minimum Gasteiger partial charge on any atom is -0.465 e. The van der Waals surface area contributed by atoms with Crippen molar-refractivity contribution in [1.82, 2.24) is 5.32 Å². The highest BCUT2D eigenvalue weighted by Crippen LogP contribution is 2.36. The molecule has 1 heterocycles. The summed E-state index contributed by atoms with van der Waals surface area (Å²) in [5.74, 6) is 0.0325. The molecule has 0 spiro atoms. The lowest BCUT2D eigenvalue weighted by Gasteiger charge is -2.11. The lowest BCUT2D eigenvalue weighted by atomic mass is 10.3. The Kier molecular flexibility index (Phi) is 3.58. The third-order valence-electron chi connectivity index (χ3n) is 2.23. The molecule has 2 rings (SSSR count). The van der Waals surface area contributed by atoms with Crippen LogP contribution in [0.15, 0.2) is 27.6 Å². The molecule has 0 aromatic heterocycles. The normalized spacial score (nSPS) is 18.9. The van der Waals surface area contributed by atoms with E-state index in [2.05, 4.69) is 26.6 Å². The maximum atomic E-state index is 11.8. The van der Waals surface area contributed by atoms with E-state index in [0.717, 1.165) is 9.37 Å². The molecule has 7 heteroatoms. The van der Waals surface area contributed by atoms with E-state index in [0.29, 0.717) is 11.4 Å². The van der Waals surface area contributed by atoms with Gasteiger partial charge in [-0.15, -0.1) is 11.8 Å². The van der Waals surface area contributed by atoms with Crippen LogP contribution < -0.4 is 10.6 Å². The molecule has 1 aromatic carbocycles. The minimum atomic E-state index is -1.20. The predicted molar refractivity (Wildman–Crippen MR) is 68.4 cm³/mol. The summed E-state index contributed by atoms with van der Waals surface area (Å²) in [5.41, 5.74) is 0.698. The summed E-state index contributed by atoms with van der Waals surface area (Å²) in [7, 11) is 0. The molecular weight excluding hydrogens is 308 g/mol. The summed E-state index contributed by atoms with van der Waals surface area (Å²) in [4.78, 5) is 23.2. The number of halogens is 1. The van der Waals surface area contributed by atoms with Crippen molar-refractivity contribution in [2.24, 2.45) is 0 Å². The van der Waals surface area contributed by atoms with Gasteiger partial charge in [0.1, 0.15) is 6.04 Å². The Morgan fingerprint density at radius 2 is 2.35 bits per heavy atom. The lowest BCUT2D eigenvalue weighted by molar-refractivity contribution is -0.117. The number of rotatable bonds is 1. The average molecular weight is 317 g/mol. The number of hydrogen-bond donors (Lipinski definition) is 3. The van der Waals surface area contributed by atoms with Crippen LogP contribution in [0.3, 0.4) is 0 Å². The Morgan fingerprint density at radius 3 is 3.06 bits per heavy atom. The molecule has 1 atom stereocenters. The van der Waals surface area contributed by atoms with Crippen LogP contribution in [0, 0.1) is 0 Å². The first kappa shape index (κ1) is 12.3. The van der Waals surface area contributed by atoms with Crippen LogP contribution in [0.4, 0.5) is 10.5 Å². The fourth-order valence-corrected chi connectivity index (χ4v) is 3.23. The Bertz CT molecular complexity index is 481. The molecule has 1 aliphatic heterocycles. The van der Waals surface area contributed by atoms with E-state index in [1.165, 1.54) is 11.8 Å². The number of amides is 2. The molecule has 1 aromatic rings. The Morgan fingerprint density at radius 1 is 1.59 bits per heavy atom. The van der Waals surface area contributed by atoms with Crippen molar-refractivity contribution in [3.8, 4) is 0 Å². The van der Waals surface area contributed by atoms with E-state index in [4.69, 9.17) is 5.11 Å². The largest absolute Gasteiger partial charge is 0.465 e. The summed E-state index contributed by atoms with van der Waals surface area (Å²) in [5, 5.41) is 13.5. The zero-order valence-electron chi connectivity index (χ0n) is 8.57. The van der Waals surface area contributed by atoms with Gasteiger partial charge in [0.25, 0.3) is 0 Å². The number of hydrogen-bond acceptors (Lipinski definition) is 3. The second-order valence-electron chi connectivity index (χ2n) is 3.42. The number of carboxylic acid groups (broad SMARTS) is 1. The molecule has 17 heavy (non-hydrogen) atoms. The fourth-order valence-electron chi connectivity index (χ4n) is 1.47. The molecule has 0 saturated heterocycles. The number of carbonyl (C=O) groups excluding carboxylic acids is 1. The average Bonchev–Trinajstić information content (AvgIpc) is 2.39. The van der Waals surface area contributed by atoms with Gasteiger partial charge in [-0.3, -0.25) is 4.79 Å². The fraction of sp³-hybridized carbons (Fsp3) is 0.200. The molecule has 0 fully saturated rings. The summed E-state index contributed by atoms with van der Waals surface area (Å²) < 4.78 is 0.885.